The summed E-state index contributed by atoms with van der Waals surface area (Å²) in [5, 5.41) is 0. The average Bonchev–Trinajstić information content (AvgIpc) is 2.51. The number of rotatable bonds is 1. The van der Waals surface area contributed by atoms with Gasteiger partial charge in [-0.3, -0.25) is 0 Å². The Morgan fingerprint density at radius 1 is 1.38 bits per heavy atom. The van der Waals surface area contributed by atoms with Gasteiger partial charge in [0.2, 0.25) is 0 Å². The second-order valence-electron chi connectivity index (χ2n) is 3.23. The van der Waals surface area contributed by atoms with E-state index in [4.69, 9.17) is 5.73 Å². The van der Waals surface area contributed by atoms with Crippen LogP contribution in [-0.2, 0) is 6.42 Å². The topological polar surface area (TPSA) is 26.0 Å². The zero-order valence-corrected chi connectivity index (χ0v) is 7.39. The first kappa shape index (κ1) is 8.45. The van der Waals surface area contributed by atoms with Crippen molar-refractivity contribution in [3.05, 3.63) is 41.2 Å². The van der Waals surface area contributed by atoms with Crippen molar-refractivity contribution in [1.82, 2.24) is 0 Å². The summed E-state index contributed by atoms with van der Waals surface area (Å²) in [6.07, 6.45) is 3.71. The molecule has 2 N–H and O–H groups in total. The van der Waals surface area contributed by atoms with Gasteiger partial charge in [-0.1, -0.05) is 18.2 Å². The Morgan fingerprint density at radius 3 is 3.00 bits per heavy atom. The number of halogens is 1. The van der Waals surface area contributed by atoms with E-state index in [0.717, 1.165) is 24.0 Å². The third kappa shape index (κ3) is 1.38. The van der Waals surface area contributed by atoms with Gasteiger partial charge in [0, 0.05) is 6.54 Å². The Balaban J connectivity index is 2.49. The van der Waals surface area contributed by atoms with Crippen LogP contribution >= 0.6 is 0 Å². The fraction of sp³-hybridized carbons (Fsp3) is 0.273. The van der Waals surface area contributed by atoms with Crippen molar-refractivity contribution in [3.8, 4) is 0 Å². The quantitative estimate of drug-likeness (QED) is 0.698. The zero-order chi connectivity index (χ0) is 9.26. The highest BCUT2D eigenvalue weighted by Gasteiger charge is 2.18. The zero-order valence-electron chi connectivity index (χ0n) is 7.39. The largest absolute Gasteiger partial charge is 0.327 e. The van der Waals surface area contributed by atoms with E-state index < -0.39 is 0 Å². The predicted molar refractivity (Wildman–Crippen MR) is 51.8 cm³/mol. The molecule has 0 bridgehead atoms. The van der Waals surface area contributed by atoms with Crippen molar-refractivity contribution in [3.63, 3.8) is 0 Å². The van der Waals surface area contributed by atoms with Crippen molar-refractivity contribution in [2.45, 2.75) is 12.8 Å². The highest BCUT2D eigenvalue weighted by atomic mass is 19.1. The first-order valence-electron chi connectivity index (χ1n) is 4.50. The van der Waals surface area contributed by atoms with Gasteiger partial charge < -0.3 is 5.73 Å². The van der Waals surface area contributed by atoms with Crippen molar-refractivity contribution in [2.75, 3.05) is 6.54 Å². The predicted octanol–water partition coefficient (Wildman–Crippen LogP) is 2.11. The van der Waals surface area contributed by atoms with Crippen LogP contribution in [0.15, 0.2) is 24.3 Å². The first-order valence-corrected chi connectivity index (χ1v) is 4.50. The standard InChI is InChI=1S/C11H12FN/c12-11-3-1-2-9-8(6-7-13)4-5-10(9)11/h1-3,6H,4-5,7,13H2/b8-6-. The third-order valence-electron chi connectivity index (χ3n) is 2.47. The number of hydrogen-bond donors (Lipinski definition) is 1. The number of allylic oxidation sites excluding steroid dienone is 1. The SMILES string of the molecule is NC/C=C1/CCc2c(F)cccc21. The van der Waals surface area contributed by atoms with Crippen molar-refractivity contribution in [1.29, 1.82) is 0 Å². The summed E-state index contributed by atoms with van der Waals surface area (Å²) >= 11 is 0. The van der Waals surface area contributed by atoms with Crippen LogP contribution in [0.25, 0.3) is 5.57 Å². The van der Waals surface area contributed by atoms with Crippen LogP contribution in [0.2, 0.25) is 0 Å². The maximum absolute atomic E-state index is 13.2. The summed E-state index contributed by atoms with van der Waals surface area (Å²) in [7, 11) is 0. The highest BCUT2D eigenvalue weighted by Crippen LogP contribution is 2.33. The number of fused-ring (bicyclic) bond motifs is 1. The van der Waals surface area contributed by atoms with Crippen LogP contribution in [0.1, 0.15) is 17.5 Å². The van der Waals surface area contributed by atoms with Crippen molar-refractivity contribution in [2.24, 2.45) is 5.73 Å². The molecule has 1 nitrogen and oxygen atoms in total. The van der Waals surface area contributed by atoms with Crippen LogP contribution in [0.3, 0.4) is 0 Å². The van der Waals surface area contributed by atoms with Gasteiger partial charge in [0.25, 0.3) is 0 Å². The Labute approximate surface area is 77.1 Å². The normalized spacial score (nSPS) is 17.8. The molecule has 1 aliphatic rings. The van der Waals surface area contributed by atoms with E-state index in [0.29, 0.717) is 6.54 Å². The first-order chi connectivity index (χ1) is 6.33. The third-order valence-corrected chi connectivity index (χ3v) is 2.47. The molecule has 2 heteroatoms. The fourth-order valence-electron chi connectivity index (χ4n) is 1.86. The molecule has 68 valence electrons. The Kier molecular flexibility index (Phi) is 2.15. The second-order valence-corrected chi connectivity index (χ2v) is 3.23. The lowest BCUT2D eigenvalue weighted by Gasteiger charge is -2.00. The summed E-state index contributed by atoms with van der Waals surface area (Å²) in [5.41, 5.74) is 8.52. The van der Waals surface area contributed by atoms with E-state index in [1.54, 1.807) is 6.07 Å². The molecule has 0 saturated carbocycles. The highest BCUT2D eigenvalue weighted by molar-refractivity contribution is 5.72. The van der Waals surface area contributed by atoms with Crippen LogP contribution in [0, 0.1) is 5.82 Å². The van der Waals surface area contributed by atoms with Gasteiger partial charge in [-0.05, 0) is 35.6 Å². The second kappa shape index (κ2) is 3.30. The van der Waals surface area contributed by atoms with E-state index in [2.05, 4.69) is 0 Å². The van der Waals surface area contributed by atoms with E-state index in [9.17, 15) is 4.39 Å². The van der Waals surface area contributed by atoms with Crippen LogP contribution in [0.5, 0.6) is 0 Å². The van der Waals surface area contributed by atoms with Crippen molar-refractivity contribution >= 4 is 5.57 Å². The molecule has 0 radical (unpaired) electrons. The molecule has 0 spiro atoms. The molecule has 1 aliphatic carbocycles. The lowest BCUT2D eigenvalue weighted by Crippen LogP contribution is -1.94. The minimum absolute atomic E-state index is 0.0853. The minimum atomic E-state index is -0.0853. The molecule has 0 fully saturated rings. The molecular formula is C11H12FN. The lowest BCUT2D eigenvalue weighted by atomic mass is 10.1. The number of benzene rings is 1. The Bertz CT molecular complexity index is 355. The van der Waals surface area contributed by atoms with Crippen LogP contribution < -0.4 is 5.73 Å². The molecule has 1 aromatic carbocycles. The molecule has 0 saturated heterocycles. The number of hydrogen-bond acceptors (Lipinski definition) is 1. The monoisotopic (exact) mass is 177 g/mol. The van der Waals surface area contributed by atoms with Crippen molar-refractivity contribution < 1.29 is 4.39 Å². The van der Waals surface area contributed by atoms with Gasteiger partial charge in [0.1, 0.15) is 5.82 Å². The average molecular weight is 177 g/mol. The summed E-state index contributed by atoms with van der Waals surface area (Å²) in [6, 6.07) is 5.24. The molecule has 0 heterocycles. The summed E-state index contributed by atoms with van der Waals surface area (Å²) < 4.78 is 13.2. The maximum Gasteiger partial charge on any atom is 0.127 e. The maximum atomic E-state index is 13.2. The molecule has 0 atom stereocenters. The molecule has 2 rings (SSSR count). The summed E-state index contributed by atoms with van der Waals surface area (Å²) in [4.78, 5) is 0. The minimum Gasteiger partial charge on any atom is -0.327 e. The van der Waals surface area contributed by atoms with E-state index in [1.165, 1.54) is 11.6 Å². The molecule has 13 heavy (non-hydrogen) atoms. The van der Waals surface area contributed by atoms with Gasteiger partial charge in [0.05, 0.1) is 0 Å². The molecule has 1 aromatic rings. The van der Waals surface area contributed by atoms with Gasteiger partial charge in [0.15, 0.2) is 0 Å². The molecule has 0 amide bonds. The van der Waals surface area contributed by atoms with E-state index >= 15 is 0 Å². The lowest BCUT2D eigenvalue weighted by molar-refractivity contribution is 0.613. The summed E-state index contributed by atoms with van der Waals surface area (Å²) in [5.74, 6) is -0.0853. The fourth-order valence-corrected chi connectivity index (χ4v) is 1.86. The van der Waals surface area contributed by atoms with Gasteiger partial charge in [-0.25, -0.2) is 4.39 Å². The van der Waals surface area contributed by atoms with Gasteiger partial charge in [-0.2, -0.15) is 0 Å². The molecular weight excluding hydrogens is 165 g/mol. The van der Waals surface area contributed by atoms with E-state index in [1.807, 2.05) is 12.1 Å². The molecule has 0 aromatic heterocycles. The Hall–Kier alpha value is -1.15. The summed E-state index contributed by atoms with van der Waals surface area (Å²) in [6.45, 7) is 0.533. The smallest absolute Gasteiger partial charge is 0.127 e. The Morgan fingerprint density at radius 2 is 2.23 bits per heavy atom. The number of nitrogens with two attached hydrogens (primary N) is 1. The van der Waals surface area contributed by atoms with Crippen LogP contribution in [-0.4, -0.2) is 6.54 Å². The molecule has 0 aliphatic heterocycles. The van der Waals surface area contributed by atoms with Crippen LogP contribution in [0.4, 0.5) is 4.39 Å². The van der Waals surface area contributed by atoms with Gasteiger partial charge in [-0.15, -0.1) is 0 Å². The molecule has 0 unspecified atom stereocenters. The van der Waals surface area contributed by atoms with E-state index in [-0.39, 0.29) is 5.82 Å². The van der Waals surface area contributed by atoms with Gasteiger partial charge >= 0.3 is 0 Å².